The standard InChI is InChI=1S/C11H9ClFN3/c12-8-5-7(3-4-9(8)13)11-14-10(15-16-11)6-1-2-6/h3-6H,1-2H2,(H,14,15,16). The Bertz CT molecular complexity index is 534. The number of nitrogens with zero attached hydrogens (tertiary/aromatic N) is 2. The highest BCUT2D eigenvalue weighted by Crippen LogP contribution is 2.38. The molecule has 0 atom stereocenters. The Labute approximate surface area is 96.7 Å². The van der Waals surface area contributed by atoms with Crippen molar-refractivity contribution in [2.75, 3.05) is 0 Å². The maximum absolute atomic E-state index is 13.0. The van der Waals surface area contributed by atoms with Gasteiger partial charge < -0.3 is 0 Å². The second-order valence-electron chi connectivity index (χ2n) is 3.95. The van der Waals surface area contributed by atoms with Crippen molar-refractivity contribution in [3.8, 4) is 11.4 Å². The van der Waals surface area contributed by atoms with Crippen molar-refractivity contribution in [2.24, 2.45) is 0 Å². The molecular weight excluding hydrogens is 229 g/mol. The van der Waals surface area contributed by atoms with Crippen LogP contribution in [0, 0.1) is 5.82 Å². The number of benzene rings is 1. The van der Waals surface area contributed by atoms with Crippen molar-refractivity contribution in [1.29, 1.82) is 0 Å². The van der Waals surface area contributed by atoms with Crippen LogP contribution in [0.4, 0.5) is 4.39 Å². The summed E-state index contributed by atoms with van der Waals surface area (Å²) in [6, 6.07) is 4.49. The van der Waals surface area contributed by atoms with E-state index in [1.54, 1.807) is 6.07 Å². The van der Waals surface area contributed by atoms with Crippen molar-refractivity contribution in [2.45, 2.75) is 18.8 Å². The zero-order valence-electron chi connectivity index (χ0n) is 8.37. The molecule has 1 fully saturated rings. The Kier molecular flexibility index (Phi) is 2.17. The van der Waals surface area contributed by atoms with Crippen molar-refractivity contribution in [3.63, 3.8) is 0 Å². The lowest BCUT2D eigenvalue weighted by atomic mass is 10.2. The van der Waals surface area contributed by atoms with E-state index in [-0.39, 0.29) is 5.02 Å². The molecule has 0 radical (unpaired) electrons. The first-order chi connectivity index (χ1) is 7.74. The number of aromatic nitrogens is 3. The van der Waals surface area contributed by atoms with E-state index in [1.807, 2.05) is 0 Å². The second kappa shape index (κ2) is 3.56. The lowest BCUT2D eigenvalue weighted by Gasteiger charge is -1.97. The third kappa shape index (κ3) is 1.69. The van der Waals surface area contributed by atoms with Crippen LogP contribution in [0.2, 0.25) is 5.02 Å². The van der Waals surface area contributed by atoms with Crippen LogP contribution in [0.3, 0.4) is 0 Å². The van der Waals surface area contributed by atoms with Crippen LogP contribution in [0.1, 0.15) is 24.6 Å². The van der Waals surface area contributed by atoms with Gasteiger partial charge >= 0.3 is 0 Å². The molecule has 1 aromatic carbocycles. The molecule has 0 saturated heterocycles. The van der Waals surface area contributed by atoms with Gasteiger partial charge in [-0.15, -0.1) is 0 Å². The number of halogens is 2. The lowest BCUT2D eigenvalue weighted by molar-refractivity contribution is 0.628. The SMILES string of the molecule is Fc1ccc(-c2n[nH]c(C3CC3)n2)cc1Cl. The first-order valence-electron chi connectivity index (χ1n) is 5.12. The number of rotatable bonds is 2. The molecule has 16 heavy (non-hydrogen) atoms. The van der Waals surface area contributed by atoms with Crippen molar-refractivity contribution >= 4 is 11.6 Å². The summed E-state index contributed by atoms with van der Waals surface area (Å²) >= 11 is 5.70. The van der Waals surface area contributed by atoms with E-state index in [2.05, 4.69) is 15.2 Å². The van der Waals surface area contributed by atoms with Crippen molar-refractivity contribution < 1.29 is 4.39 Å². The van der Waals surface area contributed by atoms with Gasteiger partial charge in [-0.1, -0.05) is 11.6 Å². The van der Waals surface area contributed by atoms with Crippen molar-refractivity contribution in [3.05, 3.63) is 34.9 Å². The van der Waals surface area contributed by atoms with Crippen LogP contribution in [-0.2, 0) is 0 Å². The number of hydrogen-bond acceptors (Lipinski definition) is 2. The minimum Gasteiger partial charge on any atom is -0.262 e. The molecule has 5 heteroatoms. The molecule has 3 nitrogen and oxygen atoms in total. The number of aromatic amines is 1. The van der Waals surface area contributed by atoms with Crippen LogP contribution < -0.4 is 0 Å². The lowest BCUT2D eigenvalue weighted by Crippen LogP contribution is -1.84. The largest absolute Gasteiger partial charge is 0.262 e. The number of H-pyrrole nitrogens is 1. The number of nitrogens with one attached hydrogen (secondary N) is 1. The molecule has 2 aromatic rings. The molecule has 3 rings (SSSR count). The fourth-order valence-electron chi connectivity index (χ4n) is 1.58. The predicted molar refractivity (Wildman–Crippen MR) is 58.8 cm³/mol. The summed E-state index contributed by atoms with van der Waals surface area (Å²) in [7, 11) is 0. The first-order valence-corrected chi connectivity index (χ1v) is 5.49. The first kappa shape index (κ1) is 9.78. The van der Waals surface area contributed by atoms with Crippen LogP contribution >= 0.6 is 11.6 Å². The van der Waals surface area contributed by atoms with E-state index in [1.165, 1.54) is 25.0 Å². The highest BCUT2D eigenvalue weighted by molar-refractivity contribution is 6.31. The maximum atomic E-state index is 13.0. The minimum absolute atomic E-state index is 0.0928. The second-order valence-corrected chi connectivity index (χ2v) is 4.35. The fourth-order valence-corrected chi connectivity index (χ4v) is 1.76. The molecule has 0 amide bonds. The summed E-state index contributed by atoms with van der Waals surface area (Å²) < 4.78 is 13.0. The smallest absolute Gasteiger partial charge is 0.181 e. The van der Waals surface area contributed by atoms with Gasteiger partial charge in [-0.25, -0.2) is 9.37 Å². The van der Waals surface area contributed by atoms with Crippen LogP contribution in [-0.4, -0.2) is 15.2 Å². The highest BCUT2D eigenvalue weighted by atomic mass is 35.5. The van der Waals surface area contributed by atoms with Crippen molar-refractivity contribution in [1.82, 2.24) is 15.2 Å². The molecule has 1 aliphatic rings. The molecule has 0 unspecified atom stereocenters. The van der Waals surface area contributed by atoms with E-state index < -0.39 is 5.82 Å². The van der Waals surface area contributed by atoms with E-state index in [9.17, 15) is 4.39 Å². The topological polar surface area (TPSA) is 41.6 Å². The molecule has 82 valence electrons. The van der Waals surface area contributed by atoms with Crippen LogP contribution in [0.25, 0.3) is 11.4 Å². The van der Waals surface area contributed by atoms with Gasteiger partial charge in [0.25, 0.3) is 0 Å². The summed E-state index contributed by atoms with van der Waals surface area (Å²) in [6.07, 6.45) is 2.33. The summed E-state index contributed by atoms with van der Waals surface area (Å²) in [6.45, 7) is 0. The molecule has 1 aromatic heterocycles. The van der Waals surface area contributed by atoms with Gasteiger partial charge in [0.2, 0.25) is 0 Å². The molecule has 0 bridgehead atoms. The Balaban J connectivity index is 1.97. The van der Waals surface area contributed by atoms with Gasteiger partial charge in [0.15, 0.2) is 5.82 Å². The fraction of sp³-hybridized carbons (Fsp3) is 0.273. The summed E-state index contributed by atoms with van der Waals surface area (Å²) in [5.74, 6) is 1.58. The molecule has 1 saturated carbocycles. The quantitative estimate of drug-likeness (QED) is 0.872. The molecule has 0 aliphatic heterocycles. The highest BCUT2D eigenvalue weighted by Gasteiger charge is 2.27. The Hall–Kier alpha value is -1.42. The third-order valence-electron chi connectivity index (χ3n) is 2.64. The molecular formula is C11H9ClFN3. The normalized spacial score (nSPS) is 15.4. The van der Waals surface area contributed by atoms with Gasteiger partial charge in [-0.3, -0.25) is 5.10 Å². The molecule has 1 heterocycles. The van der Waals surface area contributed by atoms with Crippen LogP contribution in [0.15, 0.2) is 18.2 Å². The van der Waals surface area contributed by atoms with Gasteiger partial charge in [0.05, 0.1) is 5.02 Å². The summed E-state index contributed by atoms with van der Waals surface area (Å²) in [4.78, 5) is 4.37. The summed E-state index contributed by atoms with van der Waals surface area (Å²) in [5, 5.41) is 7.10. The van der Waals surface area contributed by atoms with E-state index in [0.29, 0.717) is 11.7 Å². The molecule has 1 N–H and O–H groups in total. The van der Waals surface area contributed by atoms with Gasteiger partial charge in [0.1, 0.15) is 11.6 Å². The van der Waals surface area contributed by atoms with E-state index >= 15 is 0 Å². The van der Waals surface area contributed by atoms with Gasteiger partial charge in [-0.05, 0) is 31.0 Å². The monoisotopic (exact) mass is 237 g/mol. The van der Waals surface area contributed by atoms with Gasteiger partial charge in [-0.2, -0.15) is 5.10 Å². The average Bonchev–Trinajstić information content (AvgIpc) is 3.01. The predicted octanol–water partition coefficient (Wildman–Crippen LogP) is 3.14. The Morgan fingerprint density at radius 2 is 2.19 bits per heavy atom. The minimum atomic E-state index is -0.427. The molecule has 0 spiro atoms. The Morgan fingerprint density at radius 1 is 1.38 bits per heavy atom. The van der Waals surface area contributed by atoms with E-state index in [0.717, 1.165) is 11.4 Å². The molecule has 1 aliphatic carbocycles. The zero-order chi connectivity index (χ0) is 11.1. The third-order valence-corrected chi connectivity index (χ3v) is 2.93. The zero-order valence-corrected chi connectivity index (χ0v) is 9.13. The van der Waals surface area contributed by atoms with Crippen LogP contribution in [0.5, 0.6) is 0 Å². The maximum Gasteiger partial charge on any atom is 0.181 e. The Morgan fingerprint density at radius 3 is 2.88 bits per heavy atom. The van der Waals surface area contributed by atoms with Gasteiger partial charge in [0, 0.05) is 11.5 Å². The van der Waals surface area contributed by atoms with E-state index in [4.69, 9.17) is 11.6 Å². The average molecular weight is 238 g/mol. The summed E-state index contributed by atoms with van der Waals surface area (Å²) in [5.41, 5.74) is 0.731. The number of hydrogen-bond donors (Lipinski definition) is 1.